The maximum Gasteiger partial charge on any atom is 0.451 e. The molecule has 2 atom stereocenters. The van der Waals surface area contributed by atoms with Crippen LogP contribution in [0.1, 0.15) is 29.9 Å². The molecule has 18 heavy (non-hydrogen) atoms. The van der Waals surface area contributed by atoms with Crippen LogP contribution >= 0.6 is 0 Å². The molecule has 0 spiro atoms. The Morgan fingerprint density at radius 3 is 2.72 bits per heavy atom. The Morgan fingerprint density at radius 2 is 2.06 bits per heavy atom. The molecule has 0 bridgehead atoms. The van der Waals surface area contributed by atoms with Gasteiger partial charge in [-0.25, -0.2) is 0 Å². The van der Waals surface area contributed by atoms with Crippen molar-refractivity contribution in [2.45, 2.75) is 31.5 Å². The van der Waals surface area contributed by atoms with Gasteiger partial charge in [0.2, 0.25) is 0 Å². The standard InChI is InChI=1S/C13H17BO4/c15-13(16)12-10(5-3-7-14(17)18)8-9-4-1-2-6-11(9)12/h1-2,4,6,10,12,17-18H,3,5,7-8H2,(H,15,16). The third kappa shape index (κ3) is 2.74. The van der Waals surface area contributed by atoms with Gasteiger partial charge in [0, 0.05) is 0 Å². The first kappa shape index (κ1) is 13.1. The Balaban J connectivity index is 2.07. The zero-order valence-corrected chi connectivity index (χ0v) is 10.1. The molecule has 0 aromatic heterocycles. The fraction of sp³-hybridized carbons (Fsp3) is 0.462. The molecule has 0 heterocycles. The number of hydrogen-bond donors (Lipinski definition) is 3. The molecule has 2 unspecified atom stereocenters. The van der Waals surface area contributed by atoms with Crippen molar-refractivity contribution in [3.8, 4) is 0 Å². The van der Waals surface area contributed by atoms with E-state index >= 15 is 0 Å². The summed E-state index contributed by atoms with van der Waals surface area (Å²) < 4.78 is 0. The van der Waals surface area contributed by atoms with Crippen LogP contribution in [-0.2, 0) is 11.2 Å². The van der Waals surface area contributed by atoms with E-state index in [4.69, 9.17) is 10.0 Å². The lowest BCUT2D eigenvalue weighted by molar-refractivity contribution is -0.139. The SMILES string of the molecule is O=C(O)C1c2ccccc2CC1CCCB(O)O. The summed E-state index contributed by atoms with van der Waals surface area (Å²) in [6.45, 7) is 0. The molecule has 0 radical (unpaired) electrons. The van der Waals surface area contributed by atoms with Crippen molar-refractivity contribution in [1.82, 2.24) is 0 Å². The van der Waals surface area contributed by atoms with Gasteiger partial charge in [-0.05, 0) is 36.2 Å². The highest BCUT2D eigenvalue weighted by Gasteiger charge is 2.36. The summed E-state index contributed by atoms with van der Waals surface area (Å²) in [6, 6.07) is 7.66. The van der Waals surface area contributed by atoms with Gasteiger partial charge in [-0.1, -0.05) is 30.7 Å². The van der Waals surface area contributed by atoms with E-state index in [-0.39, 0.29) is 5.92 Å². The van der Waals surface area contributed by atoms with Crippen molar-refractivity contribution in [3.63, 3.8) is 0 Å². The molecular weight excluding hydrogens is 231 g/mol. The Bertz CT molecular complexity index is 433. The predicted molar refractivity (Wildman–Crippen MR) is 68.2 cm³/mol. The average Bonchev–Trinajstić information content (AvgIpc) is 2.66. The van der Waals surface area contributed by atoms with Crippen LogP contribution in [0.15, 0.2) is 24.3 Å². The highest BCUT2D eigenvalue weighted by atomic mass is 16.4. The number of carboxylic acid groups (broad SMARTS) is 1. The van der Waals surface area contributed by atoms with E-state index in [2.05, 4.69) is 0 Å². The highest BCUT2D eigenvalue weighted by Crippen LogP contribution is 2.40. The zero-order valence-electron chi connectivity index (χ0n) is 10.1. The molecule has 0 fully saturated rings. The average molecular weight is 248 g/mol. The van der Waals surface area contributed by atoms with Crippen LogP contribution in [0.4, 0.5) is 0 Å². The summed E-state index contributed by atoms with van der Waals surface area (Å²) in [4.78, 5) is 11.4. The van der Waals surface area contributed by atoms with Gasteiger partial charge in [0.1, 0.15) is 0 Å². The van der Waals surface area contributed by atoms with Crippen molar-refractivity contribution in [2.75, 3.05) is 0 Å². The molecular formula is C13H17BO4. The lowest BCUT2D eigenvalue weighted by Crippen LogP contribution is -2.18. The quantitative estimate of drug-likeness (QED) is 0.686. The number of aliphatic carboxylic acids is 1. The number of carbonyl (C=O) groups is 1. The van der Waals surface area contributed by atoms with Crippen molar-refractivity contribution in [2.24, 2.45) is 5.92 Å². The molecule has 0 aliphatic heterocycles. The lowest BCUT2D eigenvalue weighted by atomic mass is 9.80. The van der Waals surface area contributed by atoms with E-state index in [9.17, 15) is 9.90 Å². The third-order valence-electron chi connectivity index (χ3n) is 3.65. The van der Waals surface area contributed by atoms with Gasteiger partial charge in [0.15, 0.2) is 0 Å². The number of rotatable bonds is 5. The number of benzene rings is 1. The number of hydrogen-bond acceptors (Lipinski definition) is 3. The first-order valence-corrected chi connectivity index (χ1v) is 6.26. The number of fused-ring (bicyclic) bond motifs is 1. The van der Waals surface area contributed by atoms with E-state index in [1.54, 1.807) is 0 Å². The van der Waals surface area contributed by atoms with E-state index in [1.807, 2.05) is 24.3 Å². The molecule has 5 heteroatoms. The molecule has 3 N–H and O–H groups in total. The largest absolute Gasteiger partial charge is 0.481 e. The van der Waals surface area contributed by atoms with E-state index in [0.29, 0.717) is 19.2 Å². The predicted octanol–water partition coefficient (Wildman–Crippen LogP) is 1.28. The minimum absolute atomic E-state index is 0.0682. The third-order valence-corrected chi connectivity index (χ3v) is 3.65. The Labute approximate surface area is 106 Å². The maximum absolute atomic E-state index is 11.4. The van der Waals surface area contributed by atoms with E-state index in [0.717, 1.165) is 17.5 Å². The normalized spacial score (nSPS) is 21.7. The molecule has 4 nitrogen and oxygen atoms in total. The first-order chi connectivity index (χ1) is 8.59. The smallest absolute Gasteiger partial charge is 0.451 e. The van der Waals surface area contributed by atoms with Crippen LogP contribution in [0, 0.1) is 5.92 Å². The molecule has 0 saturated heterocycles. The summed E-state index contributed by atoms with van der Waals surface area (Å²) in [5.41, 5.74) is 2.03. The molecule has 0 saturated carbocycles. The zero-order chi connectivity index (χ0) is 13.1. The lowest BCUT2D eigenvalue weighted by Gasteiger charge is -2.16. The fourth-order valence-electron chi connectivity index (χ4n) is 2.84. The molecule has 2 rings (SSSR count). The number of carboxylic acids is 1. The van der Waals surface area contributed by atoms with Gasteiger partial charge in [-0.2, -0.15) is 0 Å². The van der Waals surface area contributed by atoms with E-state index in [1.165, 1.54) is 0 Å². The van der Waals surface area contributed by atoms with E-state index < -0.39 is 19.0 Å². The molecule has 1 aromatic carbocycles. The fourth-order valence-corrected chi connectivity index (χ4v) is 2.84. The monoisotopic (exact) mass is 248 g/mol. The van der Waals surface area contributed by atoms with Gasteiger partial charge >= 0.3 is 13.1 Å². The summed E-state index contributed by atoms with van der Waals surface area (Å²) in [5, 5.41) is 27.0. The Kier molecular flexibility index (Phi) is 4.04. The minimum Gasteiger partial charge on any atom is -0.481 e. The van der Waals surface area contributed by atoms with Gasteiger partial charge < -0.3 is 15.2 Å². The second-order valence-electron chi connectivity index (χ2n) is 4.89. The van der Waals surface area contributed by atoms with Crippen LogP contribution in [0.5, 0.6) is 0 Å². The van der Waals surface area contributed by atoms with Crippen LogP contribution in [0.2, 0.25) is 6.32 Å². The van der Waals surface area contributed by atoms with Crippen LogP contribution in [-0.4, -0.2) is 28.2 Å². The second-order valence-corrected chi connectivity index (χ2v) is 4.89. The summed E-state index contributed by atoms with van der Waals surface area (Å²) >= 11 is 0. The van der Waals surface area contributed by atoms with Crippen molar-refractivity contribution < 1.29 is 19.9 Å². The second kappa shape index (κ2) is 5.54. The van der Waals surface area contributed by atoms with Crippen molar-refractivity contribution in [1.29, 1.82) is 0 Å². The molecule has 1 aliphatic rings. The summed E-state index contributed by atoms with van der Waals surface area (Å²) in [7, 11) is -1.29. The highest BCUT2D eigenvalue weighted by molar-refractivity contribution is 6.40. The molecule has 1 aliphatic carbocycles. The minimum atomic E-state index is -1.29. The van der Waals surface area contributed by atoms with Gasteiger partial charge in [-0.3, -0.25) is 4.79 Å². The molecule has 1 aromatic rings. The van der Waals surface area contributed by atoms with Gasteiger partial charge in [0.05, 0.1) is 5.92 Å². The summed E-state index contributed by atoms with van der Waals surface area (Å²) in [5.74, 6) is -1.16. The van der Waals surface area contributed by atoms with Gasteiger partial charge in [-0.15, -0.1) is 0 Å². The molecule has 0 amide bonds. The first-order valence-electron chi connectivity index (χ1n) is 6.26. The maximum atomic E-state index is 11.4. The van der Waals surface area contributed by atoms with Crippen LogP contribution in [0.25, 0.3) is 0 Å². The topological polar surface area (TPSA) is 77.8 Å². The van der Waals surface area contributed by atoms with Crippen molar-refractivity contribution >= 4 is 13.1 Å². The van der Waals surface area contributed by atoms with Crippen LogP contribution in [0.3, 0.4) is 0 Å². The van der Waals surface area contributed by atoms with Gasteiger partial charge in [0.25, 0.3) is 0 Å². The van der Waals surface area contributed by atoms with Crippen LogP contribution < -0.4 is 0 Å². The Morgan fingerprint density at radius 1 is 1.33 bits per heavy atom. The van der Waals surface area contributed by atoms with Crippen molar-refractivity contribution in [3.05, 3.63) is 35.4 Å². The molecule has 96 valence electrons. The Hall–Kier alpha value is -1.33. The summed E-state index contributed by atoms with van der Waals surface area (Å²) in [6.07, 6.45) is 2.43.